The number of aryl methyl sites for hydroxylation is 1. The molecule has 1 aromatic carbocycles. The number of rotatable bonds is 6. The van der Waals surface area contributed by atoms with Gasteiger partial charge in [-0.1, -0.05) is 38.1 Å². The van der Waals surface area contributed by atoms with Gasteiger partial charge < -0.3 is 10.1 Å². The van der Waals surface area contributed by atoms with Crippen LogP contribution in [0.25, 0.3) is 0 Å². The molecule has 1 unspecified atom stereocenters. The number of fused-ring (bicyclic) bond motifs is 1. The molecule has 1 aliphatic rings. The van der Waals surface area contributed by atoms with Gasteiger partial charge in [0.05, 0.1) is 0 Å². The molecule has 0 heterocycles. The van der Waals surface area contributed by atoms with Crippen LogP contribution in [0.4, 0.5) is 0 Å². The Hall–Kier alpha value is -0.860. The molecule has 0 fully saturated rings. The van der Waals surface area contributed by atoms with E-state index in [0.717, 1.165) is 19.6 Å². The first-order valence-electron chi connectivity index (χ1n) is 7.42. The van der Waals surface area contributed by atoms with Crippen LogP contribution in [0.3, 0.4) is 0 Å². The molecule has 1 atom stereocenters. The van der Waals surface area contributed by atoms with Crippen LogP contribution < -0.4 is 5.32 Å². The third-order valence-electron chi connectivity index (χ3n) is 4.18. The van der Waals surface area contributed by atoms with Gasteiger partial charge in [-0.25, -0.2) is 0 Å². The quantitative estimate of drug-likeness (QED) is 0.842. The molecule has 0 aliphatic heterocycles. The van der Waals surface area contributed by atoms with Crippen LogP contribution in [0.2, 0.25) is 0 Å². The summed E-state index contributed by atoms with van der Waals surface area (Å²) in [4.78, 5) is 0. The largest absolute Gasteiger partial charge is 0.385 e. The Bertz CT molecular complexity index is 400. The zero-order valence-corrected chi connectivity index (χ0v) is 12.5. The van der Waals surface area contributed by atoms with Crippen molar-refractivity contribution < 1.29 is 4.74 Å². The summed E-state index contributed by atoms with van der Waals surface area (Å²) in [6, 6.07) is 9.42. The Morgan fingerprint density at radius 1 is 1.32 bits per heavy atom. The summed E-state index contributed by atoms with van der Waals surface area (Å²) in [6.07, 6.45) is 4.90. The topological polar surface area (TPSA) is 21.3 Å². The van der Waals surface area contributed by atoms with Crippen molar-refractivity contribution in [3.05, 3.63) is 35.4 Å². The van der Waals surface area contributed by atoms with Crippen molar-refractivity contribution >= 4 is 0 Å². The van der Waals surface area contributed by atoms with E-state index >= 15 is 0 Å². The Morgan fingerprint density at radius 3 is 2.89 bits per heavy atom. The predicted octanol–water partition coefficient (Wildman–Crippen LogP) is 3.72. The van der Waals surface area contributed by atoms with E-state index in [4.69, 9.17) is 4.74 Å². The molecule has 0 saturated heterocycles. The molecule has 0 radical (unpaired) electrons. The summed E-state index contributed by atoms with van der Waals surface area (Å²) < 4.78 is 5.20. The second-order valence-corrected chi connectivity index (χ2v) is 6.43. The van der Waals surface area contributed by atoms with E-state index < -0.39 is 0 Å². The number of hydrogen-bond acceptors (Lipinski definition) is 2. The lowest BCUT2D eigenvalue weighted by atomic mass is 9.85. The van der Waals surface area contributed by atoms with Crippen molar-refractivity contribution in [1.82, 2.24) is 5.32 Å². The normalized spacial score (nSPS) is 19.2. The molecule has 0 amide bonds. The SMILES string of the molecule is COCCC(C)(C)CNC1CCCc2ccccc21. The molecule has 1 aliphatic carbocycles. The highest BCUT2D eigenvalue weighted by Crippen LogP contribution is 2.30. The van der Waals surface area contributed by atoms with Crippen molar-refractivity contribution in [2.45, 2.75) is 45.6 Å². The second-order valence-electron chi connectivity index (χ2n) is 6.43. The van der Waals surface area contributed by atoms with Gasteiger partial charge in [-0.3, -0.25) is 0 Å². The summed E-state index contributed by atoms with van der Waals surface area (Å²) in [5.74, 6) is 0. The Morgan fingerprint density at radius 2 is 2.11 bits per heavy atom. The molecule has 106 valence electrons. The third kappa shape index (κ3) is 4.05. The molecular weight excluding hydrogens is 234 g/mol. The summed E-state index contributed by atoms with van der Waals surface area (Å²) in [6.45, 7) is 6.52. The summed E-state index contributed by atoms with van der Waals surface area (Å²) in [5, 5.41) is 3.77. The smallest absolute Gasteiger partial charge is 0.0467 e. The highest BCUT2D eigenvalue weighted by molar-refractivity contribution is 5.32. The summed E-state index contributed by atoms with van der Waals surface area (Å²) >= 11 is 0. The van der Waals surface area contributed by atoms with Gasteiger partial charge in [0.15, 0.2) is 0 Å². The monoisotopic (exact) mass is 261 g/mol. The molecule has 2 heteroatoms. The van der Waals surface area contributed by atoms with Crippen LogP contribution in [0, 0.1) is 5.41 Å². The average Bonchev–Trinajstić information content (AvgIpc) is 2.43. The van der Waals surface area contributed by atoms with Crippen LogP contribution in [0.15, 0.2) is 24.3 Å². The van der Waals surface area contributed by atoms with E-state index in [1.54, 1.807) is 7.11 Å². The summed E-state index contributed by atoms with van der Waals surface area (Å²) in [5.41, 5.74) is 3.33. The van der Waals surface area contributed by atoms with E-state index in [-0.39, 0.29) is 0 Å². The van der Waals surface area contributed by atoms with Gasteiger partial charge in [0, 0.05) is 26.3 Å². The molecular formula is C17H27NO. The molecule has 0 spiro atoms. The first-order chi connectivity index (χ1) is 9.12. The van der Waals surface area contributed by atoms with Crippen LogP contribution >= 0.6 is 0 Å². The first-order valence-corrected chi connectivity index (χ1v) is 7.42. The highest BCUT2D eigenvalue weighted by atomic mass is 16.5. The molecule has 19 heavy (non-hydrogen) atoms. The second kappa shape index (κ2) is 6.53. The number of nitrogens with one attached hydrogen (secondary N) is 1. The van der Waals surface area contributed by atoms with Crippen molar-refractivity contribution in [1.29, 1.82) is 0 Å². The average molecular weight is 261 g/mol. The molecule has 2 nitrogen and oxygen atoms in total. The maximum Gasteiger partial charge on any atom is 0.0467 e. The van der Waals surface area contributed by atoms with Crippen molar-refractivity contribution in [2.24, 2.45) is 5.41 Å². The van der Waals surface area contributed by atoms with Gasteiger partial charge in [-0.05, 0) is 42.2 Å². The fourth-order valence-electron chi connectivity index (χ4n) is 2.83. The molecule has 1 N–H and O–H groups in total. The van der Waals surface area contributed by atoms with Gasteiger partial charge in [0.2, 0.25) is 0 Å². The van der Waals surface area contributed by atoms with E-state index in [1.165, 1.54) is 30.4 Å². The lowest BCUT2D eigenvalue weighted by Gasteiger charge is -2.31. The lowest BCUT2D eigenvalue weighted by Crippen LogP contribution is -2.34. The molecule has 0 aromatic heterocycles. The van der Waals surface area contributed by atoms with Crippen LogP contribution in [0.5, 0.6) is 0 Å². The molecule has 0 saturated carbocycles. The standard InChI is InChI=1S/C17H27NO/c1-17(2,11-12-19-3)13-18-16-10-6-8-14-7-4-5-9-15(14)16/h4-5,7,9,16,18H,6,8,10-13H2,1-3H3. The van der Waals surface area contributed by atoms with Crippen molar-refractivity contribution in [2.75, 3.05) is 20.3 Å². The summed E-state index contributed by atoms with van der Waals surface area (Å²) in [7, 11) is 1.78. The lowest BCUT2D eigenvalue weighted by molar-refractivity contribution is 0.148. The maximum absolute atomic E-state index is 5.20. The molecule has 1 aromatic rings. The van der Waals surface area contributed by atoms with Crippen molar-refractivity contribution in [3.8, 4) is 0 Å². The molecule has 2 rings (SSSR count). The minimum Gasteiger partial charge on any atom is -0.385 e. The minimum atomic E-state index is 0.294. The Balaban J connectivity index is 1.94. The fourth-order valence-corrected chi connectivity index (χ4v) is 2.83. The number of ether oxygens (including phenoxy) is 1. The maximum atomic E-state index is 5.20. The Labute approximate surface area is 117 Å². The van der Waals surface area contributed by atoms with E-state index in [2.05, 4.69) is 43.4 Å². The number of benzene rings is 1. The van der Waals surface area contributed by atoms with Crippen LogP contribution in [-0.4, -0.2) is 20.3 Å². The van der Waals surface area contributed by atoms with E-state index in [9.17, 15) is 0 Å². The van der Waals surface area contributed by atoms with E-state index in [0.29, 0.717) is 11.5 Å². The van der Waals surface area contributed by atoms with Crippen molar-refractivity contribution in [3.63, 3.8) is 0 Å². The highest BCUT2D eigenvalue weighted by Gasteiger charge is 2.23. The third-order valence-corrected chi connectivity index (χ3v) is 4.18. The van der Waals surface area contributed by atoms with E-state index in [1.807, 2.05) is 0 Å². The van der Waals surface area contributed by atoms with Gasteiger partial charge in [-0.2, -0.15) is 0 Å². The van der Waals surface area contributed by atoms with Crippen LogP contribution in [-0.2, 0) is 11.2 Å². The zero-order valence-electron chi connectivity index (χ0n) is 12.5. The van der Waals surface area contributed by atoms with Gasteiger partial charge in [0.1, 0.15) is 0 Å². The Kier molecular flexibility index (Phi) is 5.00. The fraction of sp³-hybridized carbons (Fsp3) is 0.647. The van der Waals surface area contributed by atoms with Gasteiger partial charge in [0.25, 0.3) is 0 Å². The number of hydrogen-bond donors (Lipinski definition) is 1. The molecule has 0 bridgehead atoms. The predicted molar refractivity (Wildman–Crippen MR) is 80.4 cm³/mol. The zero-order chi connectivity index (χ0) is 13.7. The minimum absolute atomic E-state index is 0.294. The number of methoxy groups -OCH3 is 1. The van der Waals surface area contributed by atoms with Crippen LogP contribution in [0.1, 0.15) is 50.3 Å². The van der Waals surface area contributed by atoms with Gasteiger partial charge in [-0.15, -0.1) is 0 Å². The van der Waals surface area contributed by atoms with Gasteiger partial charge >= 0.3 is 0 Å². The first kappa shape index (κ1) is 14.5.